The van der Waals surface area contributed by atoms with Crippen molar-refractivity contribution < 1.29 is 42.1 Å². The average molecular weight is 1070 g/mol. The normalized spacial score (nSPS) is 13.6. The SMILES string of the molecule is CC/C=C\C/C=C\C/C=C\C/C=C\C/C=C\CCCCCCCCCCCCCCCCCCCCCC(=O)OC(COC(=O)CCCCCCCCCCCCCCCCCC)COP(=O)([O-])OCC[N+](C)(C)C. The maximum atomic E-state index is 12.8. The van der Waals surface area contributed by atoms with Crippen LogP contribution < -0.4 is 4.89 Å². The van der Waals surface area contributed by atoms with E-state index >= 15 is 0 Å². The lowest BCUT2D eigenvalue weighted by molar-refractivity contribution is -0.870. The lowest BCUT2D eigenvalue weighted by Crippen LogP contribution is -2.37. The third-order valence-electron chi connectivity index (χ3n) is 13.8. The number of unbranched alkanes of at least 4 members (excludes halogenated alkanes) is 34. The van der Waals surface area contributed by atoms with Crippen molar-refractivity contribution in [3.63, 3.8) is 0 Å². The summed E-state index contributed by atoms with van der Waals surface area (Å²) in [6.45, 7) is 4.17. The van der Waals surface area contributed by atoms with Gasteiger partial charge in [0, 0.05) is 12.8 Å². The summed E-state index contributed by atoms with van der Waals surface area (Å²) < 4.78 is 34.2. The number of esters is 2. The third-order valence-corrected chi connectivity index (χ3v) is 14.8. The Balaban J connectivity index is 3.99. The molecule has 0 fully saturated rings. The molecule has 0 saturated heterocycles. The Morgan fingerprint density at radius 3 is 1.13 bits per heavy atom. The molecule has 2 unspecified atom stereocenters. The molecule has 0 radical (unpaired) electrons. The van der Waals surface area contributed by atoms with Crippen molar-refractivity contribution in [2.75, 3.05) is 47.5 Å². The fraction of sp³-hybridized carbons (Fsp3) is 0.815. The molecule has 0 heterocycles. The fourth-order valence-electron chi connectivity index (χ4n) is 8.98. The van der Waals surface area contributed by atoms with Gasteiger partial charge in [-0.25, -0.2) is 0 Å². The number of phosphoric ester groups is 1. The van der Waals surface area contributed by atoms with Gasteiger partial charge in [0.05, 0.1) is 27.7 Å². The van der Waals surface area contributed by atoms with Gasteiger partial charge in [0.2, 0.25) is 0 Å². The summed E-state index contributed by atoms with van der Waals surface area (Å²) in [5.74, 6) is -0.818. The Labute approximate surface area is 464 Å². The van der Waals surface area contributed by atoms with Crippen molar-refractivity contribution in [2.24, 2.45) is 0 Å². The first kappa shape index (κ1) is 72.7. The number of phosphoric acid groups is 1. The van der Waals surface area contributed by atoms with Crippen molar-refractivity contribution in [1.29, 1.82) is 0 Å². The predicted octanol–water partition coefficient (Wildman–Crippen LogP) is 19.2. The number of ether oxygens (including phenoxy) is 2. The highest BCUT2D eigenvalue weighted by molar-refractivity contribution is 7.45. The number of allylic oxidation sites excluding steroid dienone is 10. The van der Waals surface area contributed by atoms with Crippen LogP contribution in [0.25, 0.3) is 0 Å². The molecule has 0 aliphatic heterocycles. The maximum Gasteiger partial charge on any atom is 0.306 e. The summed E-state index contributed by atoms with van der Waals surface area (Å²) >= 11 is 0. The Morgan fingerprint density at radius 2 is 0.760 bits per heavy atom. The number of hydrogen-bond acceptors (Lipinski definition) is 8. The summed E-state index contributed by atoms with van der Waals surface area (Å²) in [5.41, 5.74) is 0. The van der Waals surface area contributed by atoms with Gasteiger partial charge in [0.25, 0.3) is 7.82 Å². The van der Waals surface area contributed by atoms with Gasteiger partial charge in [-0.1, -0.05) is 280 Å². The van der Waals surface area contributed by atoms with E-state index in [2.05, 4.69) is 74.6 Å². The third kappa shape index (κ3) is 60.8. The number of likely N-dealkylation sites (N-methyl/N-ethyl adjacent to an activating group) is 1. The first-order valence-corrected chi connectivity index (χ1v) is 33.0. The van der Waals surface area contributed by atoms with E-state index in [1.54, 1.807) is 0 Å². The second-order valence-corrected chi connectivity index (χ2v) is 23.8. The Hall–Kier alpha value is -2.29. The van der Waals surface area contributed by atoms with E-state index in [-0.39, 0.29) is 32.0 Å². The molecular formula is C65H120NO8P. The number of rotatable bonds is 58. The van der Waals surface area contributed by atoms with Crippen LogP contribution in [0.3, 0.4) is 0 Å². The summed E-state index contributed by atoms with van der Waals surface area (Å²) in [4.78, 5) is 37.9. The Morgan fingerprint density at radius 1 is 0.427 bits per heavy atom. The largest absolute Gasteiger partial charge is 0.756 e. The fourth-order valence-corrected chi connectivity index (χ4v) is 9.71. The lowest BCUT2D eigenvalue weighted by Gasteiger charge is -2.28. The summed E-state index contributed by atoms with van der Waals surface area (Å²) in [6, 6.07) is 0. The van der Waals surface area contributed by atoms with Gasteiger partial charge < -0.3 is 27.9 Å². The second-order valence-electron chi connectivity index (χ2n) is 22.4. The molecule has 0 N–H and O–H groups in total. The molecule has 0 aliphatic rings. The minimum atomic E-state index is -4.63. The zero-order chi connectivity index (χ0) is 54.9. The Kier molecular flexibility index (Phi) is 54.7. The molecule has 9 nitrogen and oxygen atoms in total. The van der Waals surface area contributed by atoms with E-state index < -0.39 is 26.5 Å². The van der Waals surface area contributed by atoms with Crippen LogP contribution in [0, 0.1) is 0 Å². The highest BCUT2D eigenvalue weighted by Gasteiger charge is 2.22. The topological polar surface area (TPSA) is 111 Å². The van der Waals surface area contributed by atoms with E-state index in [4.69, 9.17) is 18.5 Å². The molecule has 0 aromatic heterocycles. The quantitative estimate of drug-likeness (QED) is 0.0195. The number of carbonyl (C=O) groups is 2. The molecule has 0 aromatic carbocycles. The highest BCUT2D eigenvalue weighted by Crippen LogP contribution is 2.38. The van der Waals surface area contributed by atoms with Crippen LogP contribution in [0.5, 0.6) is 0 Å². The first-order chi connectivity index (χ1) is 36.5. The van der Waals surface area contributed by atoms with Crippen molar-refractivity contribution in [1.82, 2.24) is 0 Å². The van der Waals surface area contributed by atoms with Gasteiger partial charge in [-0.05, 0) is 57.8 Å². The number of nitrogens with zero attached hydrogens (tertiary/aromatic N) is 1. The van der Waals surface area contributed by atoms with Crippen molar-refractivity contribution in [2.45, 2.75) is 296 Å². The lowest BCUT2D eigenvalue weighted by atomic mass is 10.0. The number of hydrogen-bond donors (Lipinski definition) is 0. The van der Waals surface area contributed by atoms with Gasteiger partial charge in [-0.2, -0.15) is 0 Å². The van der Waals surface area contributed by atoms with Crippen molar-refractivity contribution in [3.8, 4) is 0 Å². The van der Waals surface area contributed by atoms with Crippen LogP contribution in [-0.4, -0.2) is 70.0 Å². The van der Waals surface area contributed by atoms with Crippen LogP contribution >= 0.6 is 7.82 Å². The maximum absolute atomic E-state index is 12.8. The van der Waals surface area contributed by atoms with Gasteiger partial charge in [0.1, 0.15) is 19.8 Å². The van der Waals surface area contributed by atoms with Gasteiger partial charge in [-0.3, -0.25) is 14.2 Å². The van der Waals surface area contributed by atoms with Gasteiger partial charge in [0.15, 0.2) is 6.10 Å². The molecule has 0 aliphatic carbocycles. The minimum absolute atomic E-state index is 0.0289. The van der Waals surface area contributed by atoms with Crippen LogP contribution in [0.4, 0.5) is 0 Å². The molecule has 0 rings (SSSR count). The first-order valence-electron chi connectivity index (χ1n) is 31.5. The minimum Gasteiger partial charge on any atom is -0.756 e. The number of carbonyl (C=O) groups excluding carboxylic acids is 2. The van der Waals surface area contributed by atoms with Crippen LogP contribution in [0.2, 0.25) is 0 Å². The van der Waals surface area contributed by atoms with E-state index in [0.717, 1.165) is 70.6 Å². The predicted molar refractivity (Wildman–Crippen MR) is 319 cm³/mol. The summed E-state index contributed by atoms with van der Waals surface area (Å²) in [7, 11) is 1.18. The van der Waals surface area contributed by atoms with E-state index in [0.29, 0.717) is 17.4 Å². The smallest absolute Gasteiger partial charge is 0.306 e. The second kappa shape index (κ2) is 56.4. The molecule has 10 heteroatoms. The summed E-state index contributed by atoms with van der Waals surface area (Å²) in [6.07, 6.45) is 72.9. The zero-order valence-corrected chi connectivity index (χ0v) is 50.6. The Bertz CT molecular complexity index is 1450. The molecule has 0 spiro atoms. The van der Waals surface area contributed by atoms with Crippen LogP contribution in [-0.2, 0) is 32.7 Å². The van der Waals surface area contributed by atoms with E-state index in [1.807, 2.05) is 21.1 Å². The number of quaternary nitrogens is 1. The van der Waals surface area contributed by atoms with E-state index in [1.165, 1.54) is 186 Å². The van der Waals surface area contributed by atoms with Crippen molar-refractivity contribution in [3.05, 3.63) is 60.8 Å². The summed E-state index contributed by atoms with van der Waals surface area (Å²) in [5, 5.41) is 0. The van der Waals surface area contributed by atoms with Gasteiger partial charge >= 0.3 is 11.9 Å². The zero-order valence-electron chi connectivity index (χ0n) is 49.7. The molecule has 438 valence electrons. The van der Waals surface area contributed by atoms with Gasteiger partial charge in [-0.15, -0.1) is 0 Å². The molecular weight excluding hydrogens is 954 g/mol. The molecule has 0 amide bonds. The monoisotopic (exact) mass is 1070 g/mol. The molecule has 0 aromatic rings. The van der Waals surface area contributed by atoms with Crippen LogP contribution in [0.1, 0.15) is 290 Å². The average Bonchev–Trinajstić information content (AvgIpc) is 3.37. The molecule has 2 atom stereocenters. The highest BCUT2D eigenvalue weighted by atomic mass is 31.2. The molecule has 0 bridgehead atoms. The van der Waals surface area contributed by atoms with Crippen molar-refractivity contribution >= 4 is 19.8 Å². The van der Waals surface area contributed by atoms with E-state index in [9.17, 15) is 19.0 Å². The molecule has 0 saturated carbocycles. The molecule has 75 heavy (non-hydrogen) atoms. The van der Waals surface area contributed by atoms with Crippen LogP contribution in [0.15, 0.2) is 60.8 Å². The standard InChI is InChI=1S/C65H120NO8P/c1-6-8-10-12-14-16-18-20-22-24-25-26-27-28-29-30-31-32-33-34-35-36-37-38-39-40-41-42-44-46-48-50-52-54-56-58-65(68)74-63(62-73-75(69,70)72-60-59-66(3,4)5)61-71-64(67)57-55-53-51-49-47-45-43-23-21-19-17-15-13-11-9-7-2/h8,10,14,16,20,22,25-26,28-29,63H,6-7,9,11-13,15,17-19,21,23-24,27,30-62H2,1-5H3/b10-8-,16-14-,22-20-,26-25-,29-28-.